The number of hydrogen-bond acceptors (Lipinski definition) is 4. The summed E-state index contributed by atoms with van der Waals surface area (Å²) in [7, 11) is 0. The molecule has 1 aliphatic heterocycles. The quantitative estimate of drug-likeness (QED) is 0.687. The minimum Gasteiger partial charge on any atom is -0.463 e. The van der Waals surface area contributed by atoms with Crippen LogP contribution in [0.1, 0.15) is 24.1 Å². The van der Waals surface area contributed by atoms with E-state index in [9.17, 15) is 9.59 Å². The molecule has 1 heterocycles. The Morgan fingerprint density at radius 1 is 1.11 bits per heavy atom. The van der Waals surface area contributed by atoms with Gasteiger partial charge in [-0.1, -0.05) is 48.0 Å². The molecule has 0 fully saturated rings. The Labute approximate surface area is 158 Å². The number of anilines is 1. The Hall–Kier alpha value is -3.28. The van der Waals surface area contributed by atoms with E-state index in [-0.39, 0.29) is 12.6 Å². The fourth-order valence-electron chi connectivity index (χ4n) is 2.96. The summed E-state index contributed by atoms with van der Waals surface area (Å²) in [6, 6.07) is 16.4. The molecule has 3 rings (SSSR count). The summed E-state index contributed by atoms with van der Waals surface area (Å²) in [5.74, 6) is -0.445. The maximum Gasteiger partial charge on any atom is 0.338 e. The summed E-state index contributed by atoms with van der Waals surface area (Å²) in [6.45, 7) is 4.34. The fourth-order valence-corrected chi connectivity index (χ4v) is 2.96. The van der Waals surface area contributed by atoms with Crippen LogP contribution in [0.15, 0.2) is 65.9 Å². The highest BCUT2D eigenvalue weighted by Crippen LogP contribution is 2.27. The first-order valence-corrected chi connectivity index (χ1v) is 8.91. The Kier molecular flexibility index (Phi) is 5.76. The predicted octanol–water partition coefficient (Wildman–Crippen LogP) is 3.28. The molecular formula is C21H23N3O3. The monoisotopic (exact) mass is 365 g/mol. The summed E-state index contributed by atoms with van der Waals surface area (Å²) >= 11 is 0. The lowest BCUT2D eigenvalue weighted by molar-refractivity contribution is -0.139. The zero-order valence-electron chi connectivity index (χ0n) is 15.4. The molecule has 27 heavy (non-hydrogen) atoms. The maximum absolute atomic E-state index is 12.7. The highest BCUT2D eigenvalue weighted by Gasteiger charge is 2.33. The van der Waals surface area contributed by atoms with E-state index in [4.69, 9.17) is 4.74 Å². The molecule has 0 saturated heterocycles. The van der Waals surface area contributed by atoms with Gasteiger partial charge in [0.25, 0.3) is 0 Å². The Balaban J connectivity index is 1.93. The maximum atomic E-state index is 12.7. The highest BCUT2D eigenvalue weighted by molar-refractivity contribution is 5.95. The largest absolute Gasteiger partial charge is 0.463 e. The van der Waals surface area contributed by atoms with Gasteiger partial charge in [-0.2, -0.15) is 0 Å². The molecule has 2 aromatic carbocycles. The average molecular weight is 365 g/mol. The van der Waals surface area contributed by atoms with Crippen molar-refractivity contribution in [2.75, 3.05) is 18.5 Å². The number of rotatable bonds is 6. The van der Waals surface area contributed by atoms with Crippen LogP contribution in [-0.4, -0.2) is 25.2 Å². The zero-order chi connectivity index (χ0) is 19.2. The van der Waals surface area contributed by atoms with Crippen molar-refractivity contribution in [2.24, 2.45) is 0 Å². The molecule has 0 aliphatic carbocycles. The van der Waals surface area contributed by atoms with Crippen LogP contribution in [0.2, 0.25) is 0 Å². The summed E-state index contributed by atoms with van der Waals surface area (Å²) in [5.41, 5.74) is 3.80. The van der Waals surface area contributed by atoms with Crippen molar-refractivity contribution in [2.45, 2.75) is 19.9 Å². The molecule has 140 valence electrons. The molecule has 0 aromatic heterocycles. The van der Waals surface area contributed by atoms with Gasteiger partial charge < -0.3 is 20.7 Å². The van der Waals surface area contributed by atoms with Gasteiger partial charge in [0.05, 0.1) is 30.5 Å². The molecule has 1 atom stereocenters. The molecule has 6 nitrogen and oxygen atoms in total. The smallest absolute Gasteiger partial charge is 0.338 e. The van der Waals surface area contributed by atoms with Crippen molar-refractivity contribution >= 4 is 17.7 Å². The van der Waals surface area contributed by atoms with E-state index in [2.05, 4.69) is 16.0 Å². The molecule has 0 radical (unpaired) electrons. The van der Waals surface area contributed by atoms with Crippen LogP contribution in [-0.2, 0) is 9.53 Å². The van der Waals surface area contributed by atoms with Crippen LogP contribution in [0.25, 0.3) is 0 Å². The van der Waals surface area contributed by atoms with Crippen LogP contribution in [0.5, 0.6) is 0 Å². The Morgan fingerprint density at radius 2 is 1.81 bits per heavy atom. The zero-order valence-corrected chi connectivity index (χ0v) is 15.4. The number of benzene rings is 2. The molecule has 2 amide bonds. The molecule has 0 spiro atoms. The van der Waals surface area contributed by atoms with Crippen molar-refractivity contribution in [1.82, 2.24) is 10.6 Å². The molecule has 2 aromatic rings. The fraction of sp³-hybridized carbons (Fsp3) is 0.238. The third-order valence-corrected chi connectivity index (χ3v) is 4.30. The third kappa shape index (κ3) is 4.47. The van der Waals surface area contributed by atoms with Crippen LogP contribution in [0, 0.1) is 6.92 Å². The Bertz CT molecular complexity index is 845. The molecular weight excluding hydrogens is 342 g/mol. The molecule has 6 heteroatoms. The van der Waals surface area contributed by atoms with Crippen molar-refractivity contribution in [3.63, 3.8) is 0 Å². The number of nitrogens with one attached hydrogen (secondary N) is 3. The van der Waals surface area contributed by atoms with Crippen LogP contribution in [0.3, 0.4) is 0 Å². The molecule has 0 unspecified atom stereocenters. The van der Waals surface area contributed by atoms with E-state index in [1.165, 1.54) is 0 Å². The number of carbonyl (C=O) groups is 2. The third-order valence-electron chi connectivity index (χ3n) is 4.30. The number of aryl methyl sites for hydroxylation is 1. The standard InChI is InChI=1S/C21H23N3O3/c1-3-27-20(25)18-17(13-22-16-11-9-14(2)10-12-16)23-21(26)24-19(18)15-7-5-4-6-8-15/h4-12,19,22H,3,13H2,1-2H3,(H2,23,24,26)/t19-/m0/s1. The summed E-state index contributed by atoms with van der Waals surface area (Å²) in [5, 5.41) is 8.83. The van der Waals surface area contributed by atoms with E-state index in [0.717, 1.165) is 16.8 Å². The molecule has 3 N–H and O–H groups in total. The van der Waals surface area contributed by atoms with Crippen molar-refractivity contribution in [3.8, 4) is 0 Å². The first-order valence-electron chi connectivity index (χ1n) is 8.91. The number of amides is 2. The lowest BCUT2D eigenvalue weighted by Gasteiger charge is -2.29. The van der Waals surface area contributed by atoms with Crippen LogP contribution in [0.4, 0.5) is 10.5 Å². The number of urea groups is 1. The highest BCUT2D eigenvalue weighted by atomic mass is 16.5. The van der Waals surface area contributed by atoms with Crippen molar-refractivity contribution in [1.29, 1.82) is 0 Å². The summed E-state index contributed by atoms with van der Waals surface area (Å²) < 4.78 is 5.25. The number of esters is 1. The van der Waals surface area contributed by atoms with E-state index in [0.29, 0.717) is 17.8 Å². The number of carbonyl (C=O) groups excluding carboxylic acids is 2. The lowest BCUT2D eigenvalue weighted by Crippen LogP contribution is -2.47. The second-order valence-electron chi connectivity index (χ2n) is 6.27. The molecule has 0 saturated carbocycles. The van der Waals surface area contributed by atoms with Gasteiger partial charge in [-0.3, -0.25) is 0 Å². The van der Waals surface area contributed by atoms with E-state index < -0.39 is 12.0 Å². The van der Waals surface area contributed by atoms with E-state index >= 15 is 0 Å². The van der Waals surface area contributed by atoms with Gasteiger partial charge in [0, 0.05) is 5.69 Å². The van der Waals surface area contributed by atoms with Gasteiger partial charge in [0.2, 0.25) is 0 Å². The SMILES string of the molecule is CCOC(=O)C1=C(CNc2ccc(C)cc2)NC(=O)N[C@H]1c1ccccc1. The van der Waals surface area contributed by atoms with E-state index in [1.54, 1.807) is 6.92 Å². The first-order chi connectivity index (χ1) is 13.1. The predicted molar refractivity (Wildman–Crippen MR) is 104 cm³/mol. The van der Waals surface area contributed by atoms with Gasteiger partial charge in [-0.05, 0) is 31.5 Å². The second-order valence-corrected chi connectivity index (χ2v) is 6.27. The minimum atomic E-state index is -0.561. The number of hydrogen-bond donors (Lipinski definition) is 3. The van der Waals surface area contributed by atoms with Gasteiger partial charge in [-0.15, -0.1) is 0 Å². The van der Waals surface area contributed by atoms with E-state index in [1.807, 2.05) is 61.5 Å². The van der Waals surface area contributed by atoms with Crippen molar-refractivity contribution in [3.05, 3.63) is 77.0 Å². The summed E-state index contributed by atoms with van der Waals surface area (Å²) in [6.07, 6.45) is 0. The summed E-state index contributed by atoms with van der Waals surface area (Å²) in [4.78, 5) is 24.9. The Morgan fingerprint density at radius 3 is 2.48 bits per heavy atom. The lowest BCUT2D eigenvalue weighted by atomic mass is 9.95. The van der Waals surface area contributed by atoms with Crippen LogP contribution < -0.4 is 16.0 Å². The topological polar surface area (TPSA) is 79.5 Å². The minimum absolute atomic E-state index is 0.260. The normalized spacial score (nSPS) is 16.4. The van der Waals surface area contributed by atoms with Gasteiger partial charge in [0.1, 0.15) is 0 Å². The number of ether oxygens (including phenoxy) is 1. The molecule has 0 bridgehead atoms. The van der Waals surface area contributed by atoms with Gasteiger partial charge in [-0.25, -0.2) is 9.59 Å². The van der Waals surface area contributed by atoms with Gasteiger partial charge in [0.15, 0.2) is 0 Å². The van der Waals surface area contributed by atoms with Crippen molar-refractivity contribution < 1.29 is 14.3 Å². The van der Waals surface area contributed by atoms with Gasteiger partial charge >= 0.3 is 12.0 Å². The average Bonchev–Trinajstić information content (AvgIpc) is 2.68. The second kappa shape index (κ2) is 8.40. The van der Waals surface area contributed by atoms with Crippen LogP contribution >= 0.6 is 0 Å². The molecule has 1 aliphatic rings. The first kappa shape index (κ1) is 18.5.